The van der Waals surface area contributed by atoms with Crippen LogP contribution < -0.4 is 18.1 Å². The molecule has 0 fully saturated rings. The molecule has 0 aromatic heterocycles. The van der Waals surface area contributed by atoms with E-state index < -0.39 is 30.6 Å². The average molecular weight is 1140 g/mol. The van der Waals surface area contributed by atoms with Gasteiger partial charge in [0.05, 0.1) is 0 Å². The van der Waals surface area contributed by atoms with E-state index in [2.05, 4.69) is 110 Å². The number of hydrogen-bond acceptors (Lipinski definition) is 8. The van der Waals surface area contributed by atoms with E-state index in [1.807, 2.05) is 12.1 Å². The van der Waals surface area contributed by atoms with E-state index >= 15 is 0 Å². The summed E-state index contributed by atoms with van der Waals surface area (Å²) < 4.78 is 36.5. The minimum absolute atomic E-state index is 0.717. The van der Waals surface area contributed by atoms with E-state index in [9.17, 15) is 0 Å². The number of halogens is 4. The van der Waals surface area contributed by atoms with Gasteiger partial charge in [-0.25, -0.2) is 18.7 Å². The van der Waals surface area contributed by atoms with Crippen LogP contribution in [0.1, 0.15) is 151 Å². The van der Waals surface area contributed by atoms with Crippen LogP contribution >= 0.6 is 75.6 Å². The van der Waals surface area contributed by atoms with Crippen molar-refractivity contribution in [3.63, 3.8) is 0 Å². The summed E-state index contributed by atoms with van der Waals surface area (Å²) in [5.41, 5.74) is 16.1. The standard InChI is InChI=1S/C36H60N4O2P2.C20H20Cl4O2P2/c1-9-37(10-2)43(38(11-3)12-4)41-33-27-25-29-21-17-19-23-31(29)35(33)36-32-24-20-18-22-30(32)26-28-34(36)42-44(39(13-5)14-6)40(15-7)16-8;21-27(22)25-17-11-9-13-5-1-3-7-15(13)19(17)20-16-8-4-2-6-14(16)10-12-18(20)26-28(23)24/h25-28H,9-24H2,1-8H3;9-12H,1-8H2. The molecule has 0 radical (unpaired) electrons. The molecule has 72 heavy (non-hydrogen) atoms. The van der Waals surface area contributed by atoms with Crippen LogP contribution in [0.15, 0.2) is 48.5 Å². The number of fused-ring (bicyclic) bond motifs is 4. The van der Waals surface area contributed by atoms with Gasteiger partial charge in [-0.2, -0.15) is 0 Å². The third-order valence-electron chi connectivity index (χ3n) is 15.1. The highest BCUT2D eigenvalue weighted by Gasteiger charge is 2.34. The molecule has 0 heterocycles. The highest BCUT2D eigenvalue weighted by Crippen LogP contribution is 2.58. The third kappa shape index (κ3) is 13.9. The van der Waals surface area contributed by atoms with Crippen molar-refractivity contribution in [3.8, 4) is 45.3 Å². The smallest absolute Gasteiger partial charge is 0.284 e. The molecule has 0 spiro atoms. The Morgan fingerprint density at radius 3 is 0.736 bits per heavy atom. The predicted molar refractivity (Wildman–Crippen MR) is 316 cm³/mol. The van der Waals surface area contributed by atoms with E-state index in [4.69, 9.17) is 63.1 Å². The van der Waals surface area contributed by atoms with E-state index in [1.165, 1.54) is 94.2 Å². The predicted octanol–water partition coefficient (Wildman–Crippen LogP) is 19.0. The average Bonchev–Trinajstić information content (AvgIpc) is 3.40. The van der Waals surface area contributed by atoms with Crippen LogP contribution in [0.25, 0.3) is 22.3 Å². The van der Waals surface area contributed by atoms with Gasteiger partial charge >= 0.3 is 0 Å². The summed E-state index contributed by atoms with van der Waals surface area (Å²) >= 11 is 24.2. The Balaban J connectivity index is 0.000000232. The Labute approximate surface area is 458 Å². The number of hydrogen-bond donors (Lipinski definition) is 0. The van der Waals surface area contributed by atoms with Gasteiger partial charge < -0.3 is 18.1 Å². The van der Waals surface area contributed by atoms with E-state index in [-0.39, 0.29) is 0 Å². The maximum Gasteiger partial charge on any atom is 0.284 e. The molecule has 4 aliphatic rings. The maximum atomic E-state index is 7.33. The van der Waals surface area contributed by atoms with Crippen LogP contribution in [0.2, 0.25) is 0 Å². The lowest BCUT2D eigenvalue weighted by atomic mass is 9.80. The molecule has 0 saturated carbocycles. The number of nitrogens with zero attached hydrogens (tertiary/aromatic N) is 4. The van der Waals surface area contributed by atoms with Gasteiger partial charge in [0.2, 0.25) is 16.9 Å². The summed E-state index contributed by atoms with van der Waals surface area (Å²) in [6, 6.07) is 17.7. The highest BCUT2D eigenvalue weighted by molar-refractivity contribution is 8.01. The van der Waals surface area contributed by atoms with Gasteiger partial charge in [0.25, 0.3) is 13.7 Å². The molecule has 8 nitrogen and oxygen atoms in total. The highest BCUT2D eigenvalue weighted by atomic mass is 35.9. The topological polar surface area (TPSA) is 49.9 Å². The molecule has 8 rings (SSSR count). The molecule has 0 atom stereocenters. The largest absolute Gasteiger partial charge is 0.444 e. The number of rotatable bonds is 22. The Hall–Kier alpha value is -1.20. The first-order valence-corrected chi connectivity index (χ1v) is 35.7. The first-order chi connectivity index (χ1) is 35.0. The Morgan fingerprint density at radius 2 is 0.528 bits per heavy atom. The summed E-state index contributed by atoms with van der Waals surface area (Å²) in [5, 5.41) is 0. The Morgan fingerprint density at radius 1 is 0.319 bits per heavy atom. The second kappa shape index (κ2) is 29.0. The van der Waals surface area contributed by atoms with Crippen LogP contribution in [-0.4, -0.2) is 71.0 Å². The summed E-state index contributed by atoms with van der Waals surface area (Å²) in [5.74, 6) is 3.53. The number of aryl methyl sites for hydroxylation is 4. The zero-order chi connectivity index (χ0) is 51.3. The van der Waals surface area contributed by atoms with Crippen LogP contribution in [0.3, 0.4) is 0 Å². The van der Waals surface area contributed by atoms with Gasteiger partial charge in [-0.3, -0.25) is 0 Å². The lowest BCUT2D eigenvalue weighted by Gasteiger charge is -2.38. The van der Waals surface area contributed by atoms with Gasteiger partial charge in [-0.15, -0.1) is 0 Å². The van der Waals surface area contributed by atoms with Crippen LogP contribution in [-0.2, 0) is 51.4 Å². The van der Waals surface area contributed by atoms with Crippen molar-refractivity contribution in [3.05, 3.63) is 93.0 Å². The fraction of sp³-hybridized carbons (Fsp3) is 0.571. The van der Waals surface area contributed by atoms with Gasteiger partial charge in [0.15, 0.2) is 0 Å². The van der Waals surface area contributed by atoms with Gasteiger partial charge in [0, 0.05) is 74.6 Å². The van der Waals surface area contributed by atoms with E-state index in [0.717, 1.165) is 139 Å². The summed E-state index contributed by atoms with van der Waals surface area (Å²) in [4.78, 5) is 0. The van der Waals surface area contributed by atoms with Gasteiger partial charge in [-0.1, -0.05) is 79.7 Å². The second-order valence-electron chi connectivity index (χ2n) is 19.0. The monoisotopic (exact) mass is 1140 g/mol. The Bertz CT molecular complexity index is 2200. The fourth-order valence-electron chi connectivity index (χ4n) is 11.4. The molecule has 4 aromatic rings. The van der Waals surface area contributed by atoms with E-state index in [0.29, 0.717) is 11.5 Å². The zero-order valence-electron chi connectivity index (χ0n) is 44.3. The lowest BCUT2D eigenvalue weighted by molar-refractivity contribution is 0.359. The third-order valence-corrected chi connectivity index (χ3v) is 21.5. The zero-order valence-corrected chi connectivity index (χ0v) is 50.9. The first-order valence-electron chi connectivity index (χ1n) is 27.2. The lowest BCUT2D eigenvalue weighted by Crippen LogP contribution is -2.31. The first kappa shape index (κ1) is 58.5. The molecular weight excluding hydrogens is 1060 g/mol. The maximum absolute atomic E-state index is 7.33. The quantitative estimate of drug-likeness (QED) is 0.0722. The Kier molecular flexibility index (Phi) is 23.5. The molecule has 0 aliphatic heterocycles. The van der Waals surface area contributed by atoms with Crippen LogP contribution in [0.4, 0.5) is 0 Å². The van der Waals surface area contributed by atoms with Crippen LogP contribution in [0.5, 0.6) is 23.0 Å². The van der Waals surface area contributed by atoms with Crippen molar-refractivity contribution in [2.24, 2.45) is 0 Å². The van der Waals surface area contributed by atoms with Crippen LogP contribution in [0, 0.1) is 0 Å². The molecule has 0 saturated heterocycles. The minimum atomic E-state index is -1.58. The van der Waals surface area contributed by atoms with Crippen molar-refractivity contribution in [1.29, 1.82) is 0 Å². The molecule has 396 valence electrons. The van der Waals surface area contributed by atoms with Crippen molar-refractivity contribution < 1.29 is 18.1 Å². The molecule has 0 amide bonds. The molecule has 4 aliphatic carbocycles. The van der Waals surface area contributed by atoms with Crippen molar-refractivity contribution in [2.75, 3.05) is 52.4 Å². The molecule has 4 aromatic carbocycles. The molecule has 0 N–H and O–H groups in total. The second-order valence-corrected chi connectivity index (χ2v) is 28.5. The fourth-order valence-corrected chi connectivity index (χ4v) is 16.7. The summed E-state index contributed by atoms with van der Waals surface area (Å²) in [7, 11) is -1.88. The van der Waals surface area contributed by atoms with E-state index in [1.54, 1.807) is 0 Å². The minimum Gasteiger partial charge on any atom is -0.444 e. The normalized spacial score (nSPS) is 15.5. The molecule has 0 unspecified atom stereocenters. The van der Waals surface area contributed by atoms with Crippen molar-refractivity contribution in [1.82, 2.24) is 18.7 Å². The molecular formula is C56H80Cl4N4O4P4. The summed E-state index contributed by atoms with van der Waals surface area (Å²) in [6.45, 7) is 22.8. The van der Waals surface area contributed by atoms with Gasteiger partial charge in [0.1, 0.15) is 23.0 Å². The summed E-state index contributed by atoms with van der Waals surface area (Å²) in [6.07, 6.45) is 18.4. The molecule has 16 heteroatoms. The SMILES string of the molecule is CCN(CC)P(Oc1ccc2c(c1-c1c(OP(N(CC)CC)N(CC)CC)ccc3c1CCCC3)CCCC2)N(CC)CC.ClP(Cl)Oc1ccc2c(c1-c1c(OP(Cl)Cl)ccc3c1CCCC3)CCCC2. The van der Waals surface area contributed by atoms with Gasteiger partial charge in [-0.05, 0) is 216 Å². The van der Waals surface area contributed by atoms with Crippen molar-refractivity contribution in [2.45, 2.75) is 158 Å². The number of benzene rings is 4. The van der Waals surface area contributed by atoms with Crippen molar-refractivity contribution >= 4 is 75.6 Å². The molecule has 0 bridgehead atoms.